The summed E-state index contributed by atoms with van der Waals surface area (Å²) in [4.78, 5) is 13.7. The van der Waals surface area contributed by atoms with Crippen molar-refractivity contribution in [2.24, 2.45) is 5.92 Å². The van der Waals surface area contributed by atoms with Gasteiger partial charge in [0.15, 0.2) is 19.7 Å². The summed E-state index contributed by atoms with van der Waals surface area (Å²) < 4.78 is 55.3. The molecule has 0 bridgehead atoms. The molecule has 0 N–H and O–H groups in total. The van der Waals surface area contributed by atoms with Crippen LogP contribution < -0.4 is 0 Å². The number of likely N-dealkylation sites (tertiary alicyclic amines) is 1. The fourth-order valence-corrected chi connectivity index (χ4v) is 8.70. The number of piperidine rings is 1. The zero-order valence-corrected chi connectivity index (χ0v) is 16.2. The molecule has 0 radical (unpaired) electrons. The second-order valence-electron chi connectivity index (χ2n) is 6.87. The van der Waals surface area contributed by atoms with Gasteiger partial charge in [-0.2, -0.15) is 0 Å². The van der Waals surface area contributed by atoms with Crippen molar-refractivity contribution in [3.05, 3.63) is 30.3 Å². The second-order valence-corrected chi connectivity index (χ2v) is 11.2. The fraction of sp³-hybridized carbons (Fsp3) is 0.588. The topological polar surface area (TPSA) is 97.8 Å². The van der Waals surface area contributed by atoms with E-state index in [0.717, 1.165) is 0 Å². The van der Waals surface area contributed by atoms with Gasteiger partial charge < -0.3 is 4.74 Å². The van der Waals surface area contributed by atoms with Crippen LogP contribution in [0.25, 0.3) is 0 Å². The van der Waals surface area contributed by atoms with Crippen molar-refractivity contribution in [3.63, 3.8) is 0 Å². The van der Waals surface area contributed by atoms with Gasteiger partial charge in [-0.3, -0.25) is 9.69 Å². The van der Waals surface area contributed by atoms with Crippen molar-refractivity contribution in [1.29, 1.82) is 0 Å². The quantitative estimate of drug-likeness (QED) is 0.678. The summed E-state index contributed by atoms with van der Waals surface area (Å²) in [5, 5.41) is -0.982. The van der Waals surface area contributed by atoms with Crippen molar-refractivity contribution in [1.82, 2.24) is 4.90 Å². The largest absolute Gasteiger partial charge is 0.469 e. The molecule has 0 aromatic heterocycles. The molecule has 2 aliphatic heterocycles. The first kappa shape index (κ1) is 19.3. The van der Waals surface area contributed by atoms with E-state index in [1.54, 1.807) is 18.2 Å². The Morgan fingerprint density at radius 2 is 1.73 bits per heavy atom. The van der Waals surface area contributed by atoms with E-state index >= 15 is 0 Å². The number of hydrogen-bond donors (Lipinski definition) is 0. The van der Waals surface area contributed by atoms with Crippen LogP contribution in [0.4, 0.5) is 0 Å². The van der Waals surface area contributed by atoms with Crippen molar-refractivity contribution < 1.29 is 26.4 Å². The van der Waals surface area contributed by atoms with Crippen LogP contribution in [-0.2, 0) is 29.2 Å². The molecule has 3 rings (SSSR count). The molecule has 1 aromatic rings. The van der Waals surface area contributed by atoms with Crippen molar-refractivity contribution in [3.8, 4) is 0 Å². The number of benzene rings is 1. The van der Waals surface area contributed by atoms with Gasteiger partial charge in [0.25, 0.3) is 0 Å². The molecule has 2 heterocycles. The lowest BCUT2D eigenvalue weighted by Gasteiger charge is -2.36. The highest BCUT2D eigenvalue weighted by molar-refractivity contribution is 7.96. The zero-order chi connectivity index (χ0) is 18.9. The molecule has 2 saturated heterocycles. The Morgan fingerprint density at radius 1 is 1.12 bits per heavy atom. The summed E-state index contributed by atoms with van der Waals surface area (Å²) in [6.07, 6.45) is 1.09. The summed E-state index contributed by atoms with van der Waals surface area (Å²) in [7, 11) is -5.84. The van der Waals surface area contributed by atoms with E-state index in [2.05, 4.69) is 0 Å². The third kappa shape index (κ3) is 3.79. The molecule has 0 aliphatic carbocycles. The standard InChI is InChI=1S/C17H23NO6S2/c1-24-17(19)13-7-9-18(10-8-13)15-11-25(20,21)12-16(15)26(22,23)14-5-3-2-4-6-14/h2-6,13,15-16H,7-12H2,1H3/t15-,16-/m1/s1. The lowest BCUT2D eigenvalue weighted by atomic mass is 9.95. The first-order chi connectivity index (χ1) is 12.2. The van der Waals surface area contributed by atoms with E-state index in [0.29, 0.717) is 25.9 Å². The molecule has 26 heavy (non-hydrogen) atoms. The van der Waals surface area contributed by atoms with Gasteiger partial charge in [0.05, 0.1) is 34.7 Å². The molecule has 2 atom stereocenters. The fourth-order valence-electron chi connectivity index (χ4n) is 3.85. The number of rotatable bonds is 4. The normalized spacial score (nSPS) is 27.3. The Morgan fingerprint density at radius 3 is 2.31 bits per heavy atom. The highest BCUT2D eigenvalue weighted by atomic mass is 32.2. The number of sulfone groups is 2. The number of carbonyl (C=O) groups is 1. The van der Waals surface area contributed by atoms with Gasteiger partial charge in [0, 0.05) is 6.04 Å². The summed E-state index contributed by atoms with van der Waals surface area (Å²) in [5.74, 6) is -0.992. The summed E-state index contributed by atoms with van der Waals surface area (Å²) in [5.41, 5.74) is 0. The molecule has 1 aromatic carbocycles. The molecule has 0 saturated carbocycles. The van der Waals surface area contributed by atoms with Crippen LogP contribution in [0.15, 0.2) is 35.2 Å². The average molecular weight is 402 g/mol. The minimum Gasteiger partial charge on any atom is -0.469 e. The molecule has 9 heteroatoms. The zero-order valence-electron chi connectivity index (χ0n) is 14.6. The summed E-state index contributed by atoms with van der Waals surface area (Å²) >= 11 is 0. The maximum atomic E-state index is 13.0. The van der Waals surface area contributed by atoms with Crippen LogP contribution in [0.1, 0.15) is 12.8 Å². The van der Waals surface area contributed by atoms with Gasteiger partial charge in [-0.25, -0.2) is 16.8 Å². The van der Waals surface area contributed by atoms with Crippen LogP contribution in [0.3, 0.4) is 0 Å². The van der Waals surface area contributed by atoms with Crippen molar-refractivity contribution in [2.45, 2.75) is 29.0 Å². The molecule has 144 valence electrons. The van der Waals surface area contributed by atoms with E-state index in [1.165, 1.54) is 19.2 Å². The summed E-state index contributed by atoms with van der Waals surface area (Å²) in [6, 6.07) is 7.41. The Kier molecular flexibility index (Phi) is 5.41. The van der Waals surface area contributed by atoms with E-state index < -0.39 is 31.0 Å². The monoisotopic (exact) mass is 401 g/mol. The maximum absolute atomic E-state index is 13.0. The predicted molar refractivity (Wildman–Crippen MR) is 96.2 cm³/mol. The predicted octanol–water partition coefficient (Wildman–Crippen LogP) is 0.511. The van der Waals surface area contributed by atoms with Crippen LogP contribution in [0, 0.1) is 5.92 Å². The first-order valence-electron chi connectivity index (χ1n) is 8.56. The van der Waals surface area contributed by atoms with Gasteiger partial charge in [-0.1, -0.05) is 18.2 Å². The molecule has 2 aliphatic rings. The highest BCUT2D eigenvalue weighted by Gasteiger charge is 2.48. The lowest BCUT2D eigenvalue weighted by molar-refractivity contribution is -0.147. The molecule has 0 unspecified atom stereocenters. The number of methoxy groups -OCH3 is 1. The minimum absolute atomic E-state index is 0.150. The van der Waals surface area contributed by atoms with Crippen molar-refractivity contribution in [2.75, 3.05) is 31.7 Å². The Labute approximate surface area is 154 Å². The Hall–Kier alpha value is -1.45. The lowest BCUT2D eigenvalue weighted by Crippen LogP contribution is -2.50. The van der Waals surface area contributed by atoms with E-state index in [9.17, 15) is 21.6 Å². The van der Waals surface area contributed by atoms with Crippen molar-refractivity contribution >= 4 is 25.6 Å². The molecular weight excluding hydrogens is 378 g/mol. The van der Waals surface area contributed by atoms with Crippen LogP contribution >= 0.6 is 0 Å². The average Bonchev–Trinajstić information content (AvgIpc) is 2.98. The number of hydrogen-bond acceptors (Lipinski definition) is 7. The Bertz CT molecular complexity index is 858. The van der Waals surface area contributed by atoms with E-state index in [-0.39, 0.29) is 28.3 Å². The smallest absolute Gasteiger partial charge is 0.308 e. The number of ether oxygens (including phenoxy) is 1. The molecule has 0 amide bonds. The SMILES string of the molecule is COC(=O)C1CCN([C@@H]2CS(=O)(=O)C[C@H]2S(=O)(=O)c2ccccc2)CC1. The van der Waals surface area contributed by atoms with E-state index in [1.807, 2.05) is 4.90 Å². The molecular formula is C17H23NO6S2. The number of esters is 1. The highest BCUT2D eigenvalue weighted by Crippen LogP contribution is 2.31. The van der Waals surface area contributed by atoms with Gasteiger partial charge in [0.1, 0.15) is 0 Å². The minimum atomic E-state index is -3.76. The molecule has 7 nitrogen and oxygen atoms in total. The maximum Gasteiger partial charge on any atom is 0.308 e. The molecule has 2 fully saturated rings. The first-order valence-corrected chi connectivity index (χ1v) is 11.9. The van der Waals surface area contributed by atoms with Crippen LogP contribution in [-0.4, -0.2) is 70.7 Å². The number of nitrogens with zero attached hydrogens (tertiary/aromatic N) is 1. The molecule has 0 spiro atoms. The Balaban J connectivity index is 1.83. The number of carbonyl (C=O) groups excluding carboxylic acids is 1. The van der Waals surface area contributed by atoms with Gasteiger partial charge in [0.2, 0.25) is 0 Å². The van der Waals surface area contributed by atoms with Gasteiger partial charge >= 0.3 is 5.97 Å². The van der Waals surface area contributed by atoms with Gasteiger partial charge in [-0.15, -0.1) is 0 Å². The van der Waals surface area contributed by atoms with Crippen LogP contribution in [0.5, 0.6) is 0 Å². The third-order valence-electron chi connectivity index (χ3n) is 5.28. The third-order valence-corrected chi connectivity index (χ3v) is 9.41. The second kappa shape index (κ2) is 7.28. The van der Waals surface area contributed by atoms with E-state index in [4.69, 9.17) is 4.74 Å². The summed E-state index contributed by atoms with van der Waals surface area (Å²) in [6.45, 7) is 0.974. The van der Waals surface area contributed by atoms with Crippen LogP contribution in [0.2, 0.25) is 0 Å². The van der Waals surface area contributed by atoms with Gasteiger partial charge in [-0.05, 0) is 38.1 Å².